The van der Waals surface area contributed by atoms with Gasteiger partial charge in [-0.3, -0.25) is 4.79 Å². The first kappa shape index (κ1) is 17.7. The minimum Gasteiger partial charge on any atom is -0.380 e. The highest BCUT2D eigenvalue weighted by Crippen LogP contribution is 2.35. The Bertz CT molecular complexity index is 298. The Balaban J connectivity index is 0.00000200. The molecule has 2 rings (SSSR count). The van der Waals surface area contributed by atoms with Crippen molar-refractivity contribution in [3.63, 3.8) is 0 Å². The number of hydrogen-bond donors (Lipinski definition) is 1. The molecule has 0 aromatic carbocycles. The van der Waals surface area contributed by atoms with Gasteiger partial charge in [-0.05, 0) is 44.4 Å². The Labute approximate surface area is 128 Å². The molecule has 1 amide bonds. The Kier molecular flexibility index (Phi) is 7.27. The van der Waals surface area contributed by atoms with Gasteiger partial charge in [0.15, 0.2) is 0 Å². The van der Waals surface area contributed by atoms with Crippen LogP contribution in [0.25, 0.3) is 0 Å². The Morgan fingerprint density at radius 1 is 1.20 bits per heavy atom. The van der Waals surface area contributed by atoms with Gasteiger partial charge in [0.25, 0.3) is 0 Å². The number of ether oxygens (including phenoxy) is 1. The number of carbonyl (C=O) groups is 1. The minimum atomic E-state index is -0.128. The lowest BCUT2D eigenvalue weighted by molar-refractivity contribution is -0.137. The number of carbonyl (C=O) groups excluding carboxylic acids is 1. The maximum absolute atomic E-state index is 12.5. The van der Waals surface area contributed by atoms with Crippen molar-refractivity contribution in [3.05, 3.63) is 0 Å². The molecule has 0 aliphatic heterocycles. The normalized spacial score (nSPS) is 27.6. The lowest BCUT2D eigenvalue weighted by Gasteiger charge is -2.37. The van der Waals surface area contributed by atoms with E-state index in [2.05, 4.69) is 11.8 Å². The van der Waals surface area contributed by atoms with E-state index in [0.29, 0.717) is 25.0 Å². The molecule has 2 aliphatic carbocycles. The summed E-state index contributed by atoms with van der Waals surface area (Å²) in [6.45, 7) is 2.73. The van der Waals surface area contributed by atoms with Crippen molar-refractivity contribution >= 4 is 18.3 Å². The van der Waals surface area contributed by atoms with E-state index >= 15 is 0 Å². The van der Waals surface area contributed by atoms with E-state index < -0.39 is 0 Å². The molecule has 0 aromatic rings. The van der Waals surface area contributed by atoms with Crippen LogP contribution in [0.5, 0.6) is 0 Å². The van der Waals surface area contributed by atoms with Gasteiger partial charge < -0.3 is 15.4 Å². The predicted molar refractivity (Wildman–Crippen MR) is 83.0 cm³/mol. The summed E-state index contributed by atoms with van der Waals surface area (Å²) in [6.07, 6.45) is 7.52. The van der Waals surface area contributed by atoms with Crippen LogP contribution in [0, 0.1) is 5.92 Å². The third-order valence-electron chi connectivity index (χ3n) is 4.61. The lowest BCUT2D eigenvalue weighted by Crippen LogP contribution is -2.45. The fourth-order valence-electron chi connectivity index (χ4n) is 3.14. The first-order valence-corrected chi connectivity index (χ1v) is 7.69. The zero-order valence-corrected chi connectivity index (χ0v) is 13.5. The summed E-state index contributed by atoms with van der Waals surface area (Å²) in [5.74, 6) is 1.07. The number of nitrogens with two attached hydrogens (primary N) is 1. The van der Waals surface area contributed by atoms with Crippen LogP contribution in [0.2, 0.25) is 0 Å². The summed E-state index contributed by atoms with van der Waals surface area (Å²) in [5.41, 5.74) is 5.62. The van der Waals surface area contributed by atoms with E-state index in [1.165, 1.54) is 38.5 Å². The zero-order chi connectivity index (χ0) is 13.8. The fourth-order valence-corrected chi connectivity index (χ4v) is 3.14. The summed E-state index contributed by atoms with van der Waals surface area (Å²) in [6, 6.07) is 0.965. The average molecular weight is 305 g/mol. The third kappa shape index (κ3) is 4.61. The van der Waals surface area contributed by atoms with E-state index in [1.54, 1.807) is 7.11 Å². The van der Waals surface area contributed by atoms with Gasteiger partial charge >= 0.3 is 0 Å². The topological polar surface area (TPSA) is 55.6 Å². The van der Waals surface area contributed by atoms with Crippen LogP contribution >= 0.6 is 12.4 Å². The molecule has 1 atom stereocenters. The van der Waals surface area contributed by atoms with Gasteiger partial charge in [0.05, 0.1) is 12.5 Å². The van der Waals surface area contributed by atoms with Crippen LogP contribution in [-0.2, 0) is 9.53 Å². The summed E-state index contributed by atoms with van der Waals surface area (Å²) in [7, 11) is 1.63. The summed E-state index contributed by atoms with van der Waals surface area (Å²) in [4.78, 5) is 14.7. The molecule has 0 heterocycles. The maximum Gasteiger partial charge on any atom is 0.225 e. The second-order valence-corrected chi connectivity index (χ2v) is 6.24. The van der Waals surface area contributed by atoms with Crippen molar-refractivity contribution in [2.24, 2.45) is 11.7 Å². The average Bonchev–Trinajstić information content (AvgIpc) is 3.23. The maximum atomic E-state index is 12.5. The highest BCUT2D eigenvalue weighted by molar-refractivity contribution is 5.85. The molecular formula is C15H29ClN2O2. The second-order valence-electron chi connectivity index (χ2n) is 6.24. The SMILES string of the molecule is COC(CN)CC(=O)N(C1CCC(C)CC1)C1CC1.Cl. The minimum absolute atomic E-state index is 0. The van der Waals surface area contributed by atoms with E-state index in [-0.39, 0.29) is 24.4 Å². The second kappa shape index (κ2) is 8.20. The van der Waals surface area contributed by atoms with Crippen molar-refractivity contribution < 1.29 is 9.53 Å². The molecular weight excluding hydrogens is 276 g/mol. The van der Waals surface area contributed by atoms with E-state index in [4.69, 9.17) is 10.5 Å². The molecule has 2 fully saturated rings. The Hall–Kier alpha value is -0.320. The van der Waals surface area contributed by atoms with Crippen LogP contribution in [0.3, 0.4) is 0 Å². The monoisotopic (exact) mass is 304 g/mol. The van der Waals surface area contributed by atoms with Gasteiger partial charge in [-0.1, -0.05) is 6.92 Å². The Morgan fingerprint density at radius 3 is 2.10 bits per heavy atom. The summed E-state index contributed by atoms with van der Waals surface area (Å²) >= 11 is 0. The number of rotatable bonds is 6. The molecule has 0 radical (unpaired) electrons. The van der Waals surface area contributed by atoms with Crippen LogP contribution in [-0.4, -0.2) is 42.6 Å². The van der Waals surface area contributed by atoms with Crippen LogP contribution in [0.15, 0.2) is 0 Å². The van der Waals surface area contributed by atoms with Gasteiger partial charge in [-0.25, -0.2) is 0 Å². The van der Waals surface area contributed by atoms with Crippen molar-refractivity contribution in [3.8, 4) is 0 Å². The number of methoxy groups -OCH3 is 1. The molecule has 118 valence electrons. The van der Waals surface area contributed by atoms with Crippen LogP contribution in [0.1, 0.15) is 51.9 Å². The van der Waals surface area contributed by atoms with Gasteiger partial charge in [0, 0.05) is 25.7 Å². The van der Waals surface area contributed by atoms with Crippen molar-refractivity contribution in [2.45, 2.75) is 70.1 Å². The van der Waals surface area contributed by atoms with Gasteiger partial charge in [0.2, 0.25) is 5.91 Å². The quantitative estimate of drug-likeness (QED) is 0.819. The molecule has 2 N–H and O–H groups in total. The molecule has 0 saturated heterocycles. The molecule has 1 unspecified atom stereocenters. The molecule has 20 heavy (non-hydrogen) atoms. The van der Waals surface area contributed by atoms with Crippen molar-refractivity contribution in [2.75, 3.05) is 13.7 Å². The molecule has 4 nitrogen and oxygen atoms in total. The molecule has 5 heteroatoms. The number of nitrogens with zero attached hydrogens (tertiary/aromatic N) is 1. The molecule has 0 aromatic heterocycles. The van der Waals surface area contributed by atoms with Crippen LogP contribution < -0.4 is 5.73 Å². The number of hydrogen-bond acceptors (Lipinski definition) is 3. The van der Waals surface area contributed by atoms with Gasteiger partial charge in [-0.2, -0.15) is 0 Å². The first-order chi connectivity index (χ1) is 9.15. The third-order valence-corrected chi connectivity index (χ3v) is 4.61. The van der Waals surface area contributed by atoms with Crippen molar-refractivity contribution in [1.82, 2.24) is 4.90 Å². The van der Waals surface area contributed by atoms with E-state index in [0.717, 1.165) is 5.92 Å². The molecule has 0 spiro atoms. The van der Waals surface area contributed by atoms with Gasteiger partial charge in [0.1, 0.15) is 0 Å². The van der Waals surface area contributed by atoms with Gasteiger partial charge in [-0.15, -0.1) is 12.4 Å². The summed E-state index contributed by atoms with van der Waals surface area (Å²) < 4.78 is 5.25. The summed E-state index contributed by atoms with van der Waals surface area (Å²) in [5, 5.41) is 0. The largest absolute Gasteiger partial charge is 0.380 e. The Morgan fingerprint density at radius 2 is 1.70 bits per heavy atom. The first-order valence-electron chi connectivity index (χ1n) is 7.69. The zero-order valence-electron chi connectivity index (χ0n) is 12.7. The smallest absolute Gasteiger partial charge is 0.225 e. The number of amides is 1. The molecule has 0 bridgehead atoms. The standard InChI is InChI=1S/C15H28N2O2.ClH/c1-11-3-5-12(6-4-11)17(13-7-8-13)15(18)9-14(10-16)19-2;/h11-14H,3-10,16H2,1-2H3;1H. The fraction of sp³-hybridized carbons (Fsp3) is 0.933. The predicted octanol–water partition coefficient (Wildman–Crippen LogP) is 2.34. The highest BCUT2D eigenvalue weighted by atomic mass is 35.5. The van der Waals surface area contributed by atoms with E-state index in [9.17, 15) is 4.79 Å². The molecule has 2 aliphatic rings. The van der Waals surface area contributed by atoms with Crippen LogP contribution in [0.4, 0.5) is 0 Å². The van der Waals surface area contributed by atoms with Crippen molar-refractivity contribution in [1.29, 1.82) is 0 Å². The lowest BCUT2D eigenvalue weighted by atomic mass is 9.86. The highest BCUT2D eigenvalue weighted by Gasteiger charge is 2.38. The van der Waals surface area contributed by atoms with E-state index in [1.807, 2.05) is 0 Å². The number of halogens is 1. The molecule has 2 saturated carbocycles.